The van der Waals surface area contributed by atoms with Crippen molar-refractivity contribution >= 4 is 0 Å². The van der Waals surface area contributed by atoms with Gasteiger partial charge in [0.2, 0.25) is 0 Å². The average molecular weight is 270 g/mol. The quantitative estimate of drug-likeness (QED) is 0.767. The predicted molar refractivity (Wildman–Crippen MR) is 82.3 cm³/mol. The normalized spacial score (nSPS) is 13.9. The summed E-state index contributed by atoms with van der Waals surface area (Å²) in [5.41, 5.74) is 2.41. The first kappa shape index (κ1) is 14.4. The molecule has 2 aromatic rings. The van der Waals surface area contributed by atoms with Crippen molar-refractivity contribution in [3.63, 3.8) is 0 Å². The summed E-state index contributed by atoms with van der Waals surface area (Å²) in [5.74, 6) is 0.666. The second-order valence-electron chi connectivity index (χ2n) is 5.19. The first-order valence-electron chi connectivity index (χ1n) is 7.24. The summed E-state index contributed by atoms with van der Waals surface area (Å²) in [6.07, 6.45) is 2.04. The van der Waals surface area contributed by atoms with Crippen LogP contribution in [-0.4, -0.2) is 10.2 Å². The summed E-state index contributed by atoms with van der Waals surface area (Å²) in [4.78, 5) is 0. The fraction of sp³-hybridized carbons (Fsp3) is 0.333. The minimum absolute atomic E-state index is 0.0381. The highest BCUT2D eigenvalue weighted by Crippen LogP contribution is 2.40. The molecule has 0 saturated heterocycles. The standard InChI is InChI=1S/C18H22O2/c1-3-15(13-8-6-5-7-9-13)16(4-2)14-10-11-17(19)18(20)12-14/h5-12,15-16,19-20H,3-4H2,1-2H3/t15-,16+/m0/s1. The van der Waals surface area contributed by atoms with Gasteiger partial charge in [0, 0.05) is 0 Å². The van der Waals surface area contributed by atoms with Gasteiger partial charge < -0.3 is 10.2 Å². The highest BCUT2D eigenvalue weighted by molar-refractivity contribution is 5.42. The van der Waals surface area contributed by atoms with E-state index in [9.17, 15) is 10.2 Å². The molecule has 0 amide bonds. The van der Waals surface area contributed by atoms with Gasteiger partial charge in [0.15, 0.2) is 11.5 Å². The lowest BCUT2D eigenvalue weighted by molar-refractivity contribution is 0.401. The molecule has 0 spiro atoms. The molecule has 2 N–H and O–H groups in total. The van der Waals surface area contributed by atoms with E-state index in [2.05, 4.69) is 38.1 Å². The topological polar surface area (TPSA) is 40.5 Å². The van der Waals surface area contributed by atoms with Gasteiger partial charge in [-0.3, -0.25) is 0 Å². The van der Waals surface area contributed by atoms with Gasteiger partial charge in [-0.1, -0.05) is 50.2 Å². The van der Waals surface area contributed by atoms with E-state index in [1.807, 2.05) is 12.1 Å². The van der Waals surface area contributed by atoms with E-state index < -0.39 is 0 Å². The van der Waals surface area contributed by atoms with Crippen molar-refractivity contribution in [2.24, 2.45) is 0 Å². The number of hydrogen-bond donors (Lipinski definition) is 2. The molecule has 0 aliphatic carbocycles. The van der Waals surface area contributed by atoms with Crippen molar-refractivity contribution in [1.29, 1.82) is 0 Å². The Morgan fingerprint density at radius 3 is 1.90 bits per heavy atom. The Labute approximate surface area is 120 Å². The number of hydrogen-bond acceptors (Lipinski definition) is 2. The summed E-state index contributed by atoms with van der Waals surface area (Å²) in [5, 5.41) is 19.2. The van der Waals surface area contributed by atoms with Gasteiger partial charge in [0.05, 0.1) is 0 Å². The van der Waals surface area contributed by atoms with Crippen LogP contribution >= 0.6 is 0 Å². The molecule has 106 valence electrons. The van der Waals surface area contributed by atoms with Gasteiger partial charge in [-0.25, -0.2) is 0 Å². The second-order valence-corrected chi connectivity index (χ2v) is 5.19. The average Bonchev–Trinajstić information content (AvgIpc) is 2.48. The van der Waals surface area contributed by atoms with E-state index in [-0.39, 0.29) is 11.5 Å². The van der Waals surface area contributed by atoms with Crippen molar-refractivity contribution in [1.82, 2.24) is 0 Å². The first-order valence-corrected chi connectivity index (χ1v) is 7.24. The van der Waals surface area contributed by atoms with E-state index >= 15 is 0 Å². The molecule has 2 nitrogen and oxygen atoms in total. The SMILES string of the molecule is CC[C@H](c1ccc(O)c(O)c1)[C@@H](CC)c1ccccc1. The van der Waals surface area contributed by atoms with Crippen LogP contribution in [0, 0.1) is 0 Å². The van der Waals surface area contributed by atoms with Crippen LogP contribution in [0.4, 0.5) is 0 Å². The van der Waals surface area contributed by atoms with Crippen LogP contribution in [-0.2, 0) is 0 Å². The van der Waals surface area contributed by atoms with E-state index in [1.54, 1.807) is 12.1 Å². The Kier molecular flexibility index (Phi) is 4.67. The van der Waals surface area contributed by atoms with E-state index in [0.717, 1.165) is 18.4 Å². The summed E-state index contributed by atoms with van der Waals surface area (Å²) in [6, 6.07) is 15.7. The highest BCUT2D eigenvalue weighted by atomic mass is 16.3. The summed E-state index contributed by atoms with van der Waals surface area (Å²) < 4.78 is 0. The molecule has 0 aromatic heterocycles. The maximum absolute atomic E-state index is 9.72. The van der Waals surface area contributed by atoms with Crippen molar-refractivity contribution in [2.45, 2.75) is 38.5 Å². The lowest BCUT2D eigenvalue weighted by atomic mass is 9.78. The number of phenols is 2. The monoisotopic (exact) mass is 270 g/mol. The molecule has 2 heteroatoms. The van der Waals surface area contributed by atoms with Gasteiger partial charge in [0.1, 0.15) is 0 Å². The van der Waals surface area contributed by atoms with Crippen LogP contribution in [0.15, 0.2) is 48.5 Å². The third kappa shape index (κ3) is 2.96. The Balaban J connectivity index is 2.36. The van der Waals surface area contributed by atoms with Crippen molar-refractivity contribution in [3.8, 4) is 11.5 Å². The molecular weight excluding hydrogens is 248 g/mol. The number of phenolic OH excluding ortho intramolecular Hbond substituents is 2. The Morgan fingerprint density at radius 1 is 0.750 bits per heavy atom. The fourth-order valence-electron chi connectivity index (χ4n) is 2.98. The molecule has 0 aliphatic heterocycles. The molecule has 2 atom stereocenters. The molecule has 0 saturated carbocycles. The molecular formula is C18H22O2. The third-order valence-corrected chi connectivity index (χ3v) is 4.02. The van der Waals surface area contributed by atoms with Gasteiger partial charge in [0.25, 0.3) is 0 Å². The predicted octanol–water partition coefficient (Wildman–Crippen LogP) is 4.79. The molecule has 0 aliphatic rings. The van der Waals surface area contributed by atoms with Crippen molar-refractivity contribution < 1.29 is 10.2 Å². The molecule has 2 rings (SSSR count). The van der Waals surface area contributed by atoms with Gasteiger partial charge in [-0.05, 0) is 47.9 Å². The smallest absolute Gasteiger partial charge is 0.157 e. The minimum atomic E-state index is -0.0589. The number of aromatic hydroxyl groups is 2. The summed E-state index contributed by atoms with van der Waals surface area (Å²) in [7, 11) is 0. The molecule has 20 heavy (non-hydrogen) atoms. The van der Waals surface area contributed by atoms with Gasteiger partial charge >= 0.3 is 0 Å². The van der Waals surface area contributed by atoms with Gasteiger partial charge in [-0.15, -0.1) is 0 Å². The van der Waals surface area contributed by atoms with Gasteiger partial charge in [-0.2, -0.15) is 0 Å². The highest BCUT2D eigenvalue weighted by Gasteiger charge is 2.22. The van der Waals surface area contributed by atoms with Crippen LogP contribution in [0.3, 0.4) is 0 Å². The Bertz CT molecular complexity index is 549. The van der Waals surface area contributed by atoms with Crippen molar-refractivity contribution in [3.05, 3.63) is 59.7 Å². The zero-order chi connectivity index (χ0) is 14.5. The van der Waals surface area contributed by atoms with Crippen LogP contribution in [0.25, 0.3) is 0 Å². The third-order valence-electron chi connectivity index (χ3n) is 4.02. The van der Waals surface area contributed by atoms with Crippen LogP contribution < -0.4 is 0 Å². The van der Waals surface area contributed by atoms with E-state index in [1.165, 1.54) is 5.56 Å². The first-order chi connectivity index (χ1) is 9.67. The molecule has 2 aromatic carbocycles. The molecule has 0 bridgehead atoms. The fourth-order valence-corrected chi connectivity index (χ4v) is 2.98. The Hall–Kier alpha value is -1.96. The lowest BCUT2D eigenvalue weighted by Gasteiger charge is -2.26. The number of rotatable bonds is 5. The molecule has 0 unspecified atom stereocenters. The maximum Gasteiger partial charge on any atom is 0.157 e. The van der Waals surface area contributed by atoms with Crippen molar-refractivity contribution in [2.75, 3.05) is 0 Å². The molecule has 0 heterocycles. The van der Waals surface area contributed by atoms with Crippen LogP contribution in [0.2, 0.25) is 0 Å². The van der Waals surface area contributed by atoms with Crippen LogP contribution in [0.1, 0.15) is 49.7 Å². The second kappa shape index (κ2) is 6.47. The summed E-state index contributed by atoms with van der Waals surface area (Å²) in [6.45, 7) is 4.36. The Morgan fingerprint density at radius 2 is 1.35 bits per heavy atom. The van der Waals surface area contributed by atoms with E-state index in [4.69, 9.17) is 0 Å². The van der Waals surface area contributed by atoms with E-state index in [0.29, 0.717) is 11.8 Å². The molecule has 0 radical (unpaired) electrons. The largest absolute Gasteiger partial charge is 0.504 e. The molecule has 0 fully saturated rings. The minimum Gasteiger partial charge on any atom is -0.504 e. The lowest BCUT2D eigenvalue weighted by Crippen LogP contribution is -2.10. The zero-order valence-electron chi connectivity index (χ0n) is 12.1. The summed E-state index contributed by atoms with van der Waals surface area (Å²) >= 11 is 0. The number of benzene rings is 2. The van der Waals surface area contributed by atoms with Crippen LogP contribution in [0.5, 0.6) is 11.5 Å². The maximum atomic E-state index is 9.72. The zero-order valence-corrected chi connectivity index (χ0v) is 12.1.